The predicted molar refractivity (Wildman–Crippen MR) is 116 cm³/mol. The van der Waals surface area contributed by atoms with Crippen molar-refractivity contribution in [1.82, 2.24) is 5.32 Å². The molecule has 0 saturated carbocycles. The minimum Gasteiger partial charge on any atom is -0.497 e. The van der Waals surface area contributed by atoms with Crippen molar-refractivity contribution in [3.8, 4) is 16.9 Å². The maximum Gasteiger partial charge on any atom is 0.119 e. The summed E-state index contributed by atoms with van der Waals surface area (Å²) in [6.45, 7) is 1.28. The zero-order valence-electron chi connectivity index (χ0n) is 15.7. The number of rotatable bonds is 8. The molecule has 0 bridgehead atoms. The van der Waals surface area contributed by atoms with Gasteiger partial charge in [-0.3, -0.25) is 0 Å². The van der Waals surface area contributed by atoms with Crippen LogP contribution in [0.5, 0.6) is 5.75 Å². The second-order valence-electron chi connectivity index (χ2n) is 6.56. The molecule has 3 aromatic carbocycles. The average molecular weight is 416 g/mol. The molecule has 146 valence electrons. The summed E-state index contributed by atoms with van der Waals surface area (Å²) in [6.07, 6.45) is 0.328. The highest BCUT2D eigenvalue weighted by molar-refractivity contribution is 6.33. The molecule has 3 nitrogen and oxygen atoms in total. The zero-order valence-corrected chi connectivity index (χ0v) is 17.2. The number of nitrogens with one attached hydrogen (secondary N) is 1. The maximum absolute atomic E-state index is 10.2. The van der Waals surface area contributed by atoms with Crippen molar-refractivity contribution < 1.29 is 9.84 Å². The first-order chi connectivity index (χ1) is 13.6. The van der Waals surface area contributed by atoms with E-state index in [2.05, 4.69) is 29.6 Å². The average Bonchev–Trinajstić information content (AvgIpc) is 2.72. The van der Waals surface area contributed by atoms with Crippen molar-refractivity contribution in [3.05, 3.63) is 87.9 Å². The van der Waals surface area contributed by atoms with Crippen LogP contribution in [-0.4, -0.2) is 25.3 Å². The monoisotopic (exact) mass is 415 g/mol. The van der Waals surface area contributed by atoms with Gasteiger partial charge in [-0.25, -0.2) is 0 Å². The van der Waals surface area contributed by atoms with Gasteiger partial charge in [0.05, 0.1) is 13.2 Å². The van der Waals surface area contributed by atoms with Crippen LogP contribution in [0, 0.1) is 0 Å². The topological polar surface area (TPSA) is 41.5 Å². The number of aliphatic hydroxyl groups is 1. The smallest absolute Gasteiger partial charge is 0.119 e. The highest BCUT2D eigenvalue weighted by Crippen LogP contribution is 2.31. The first-order valence-corrected chi connectivity index (χ1v) is 9.89. The van der Waals surface area contributed by atoms with Gasteiger partial charge in [0.2, 0.25) is 0 Å². The largest absolute Gasteiger partial charge is 0.497 e. The molecule has 1 unspecified atom stereocenters. The fourth-order valence-electron chi connectivity index (χ4n) is 2.98. The summed E-state index contributed by atoms with van der Waals surface area (Å²) < 4.78 is 5.28. The number of benzene rings is 3. The van der Waals surface area contributed by atoms with Gasteiger partial charge in [-0.1, -0.05) is 59.6 Å². The molecule has 0 heterocycles. The van der Waals surface area contributed by atoms with Crippen molar-refractivity contribution in [2.45, 2.75) is 12.5 Å². The van der Waals surface area contributed by atoms with E-state index in [1.807, 2.05) is 30.3 Å². The zero-order chi connectivity index (χ0) is 19.9. The number of aliphatic hydroxyl groups excluding tert-OH is 1. The number of hydrogen-bond donors (Lipinski definition) is 2. The molecule has 0 saturated heterocycles. The van der Waals surface area contributed by atoms with Crippen molar-refractivity contribution >= 4 is 23.2 Å². The Morgan fingerprint density at radius 2 is 1.68 bits per heavy atom. The summed E-state index contributed by atoms with van der Waals surface area (Å²) in [4.78, 5) is 0. The highest BCUT2D eigenvalue weighted by Gasteiger charge is 2.08. The van der Waals surface area contributed by atoms with E-state index in [1.54, 1.807) is 19.2 Å². The van der Waals surface area contributed by atoms with Crippen LogP contribution in [-0.2, 0) is 6.42 Å². The first kappa shape index (κ1) is 20.7. The summed E-state index contributed by atoms with van der Waals surface area (Å²) >= 11 is 12.2. The molecule has 0 fully saturated rings. The van der Waals surface area contributed by atoms with E-state index >= 15 is 0 Å². The molecule has 2 N–H and O–H groups in total. The Bertz CT molecular complexity index is 895. The highest BCUT2D eigenvalue weighted by atomic mass is 35.5. The number of methoxy groups -OCH3 is 1. The minimum absolute atomic E-state index is 0.499. The van der Waals surface area contributed by atoms with Gasteiger partial charge in [0.15, 0.2) is 0 Å². The summed E-state index contributed by atoms with van der Waals surface area (Å²) in [7, 11) is 1.65. The van der Waals surface area contributed by atoms with Crippen LogP contribution in [0.4, 0.5) is 0 Å². The lowest BCUT2D eigenvalue weighted by Crippen LogP contribution is -2.23. The second kappa shape index (κ2) is 9.94. The lowest BCUT2D eigenvalue weighted by molar-refractivity contribution is 0.175. The van der Waals surface area contributed by atoms with E-state index < -0.39 is 6.10 Å². The quantitative estimate of drug-likeness (QED) is 0.474. The van der Waals surface area contributed by atoms with Gasteiger partial charge >= 0.3 is 0 Å². The van der Waals surface area contributed by atoms with E-state index in [-0.39, 0.29) is 0 Å². The molecule has 0 radical (unpaired) electrons. The molecule has 0 amide bonds. The third-order valence-electron chi connectivity index (χ3n) is 4.62. The summed E-state index contributed by atoms with van der Waals surface area (Å²) in [5.74, 6) is 0.784. The third-order valence-corrected chi connectivity index (χ3v) is 5.20. The minimum atomic E-state index is -0.546. The molecule has 28 heavy (non-hydrogen) atoms. The Hall–Kier alpha value is -2.04. The van der Waals surface area contributed by atoms with Gasteiger partial charge in [0, 0.05) is 22.2 Å². The third kappa shape index (κ3) is 5.49. The van der Waals surface area contributed by atoms with Gasteiger partial charge < -0.3 is 15.2 Å². The van der Waals surface area contributed by atoms with Crippen LogP contribution in [0.15, 0.2) is 66.7 Å². The Balaban J connectivity index is 1.51. The van der Waals surface area contributed by atoms with Crippen molar-refractivity contribution in [1.29, 1.82) is 0 Å². The van der Waals surface area contributed by atoms with Gasteiger partial charge in [0.25, 0.3) is 0 Å². The molecule has 0 aromatic heterocycles. The summed E-state index contributed by atoms with van der Waals surface area (Å²) in [5.41, 5.74) is 4.09. The Morgan fingerprint density at radius 3 is 2.36 bits per heavy atom. The molecular formula is C23H23Cl2NO2. The van der Waals surface area contributed by atoms with Crippen LogP contribution in [0.25, 0.3) is 11.1 Å². The molecular weight excluding hydrogens is 393 g/mol. The van der Waals surface area contributed by atoms with Gasteiger partial charge in [-0.15, -0.1) is 0 Å². The number of ether oxygens (including phenoxy) is 1. The van der Waals surface area contributed by atoms with E-state index in [1.165, 1.54) is 5.56 Å². The van der Waals surface area contributed by atoms with Crippen molar-refractivity contribution in [2.24, 2.45) is 0 Å². The second-order valence-corrected chi connectivity index (χ2v) is 7.41. The van der Waals surface area contributed by atoms with Gasteiger partial charge in [-0.05, 0) is 60.0 Å². The lowest BCUT2D eigenvalue weighted by Gasteiger charge is -2.12. The fourth-order valence-corrected chi connectivity index (χ4v) is 3.33. The maximum atomic E-state index is 10.2. The molecule has 1 atom stereocenters. The van der Waals surface area contributed by atoms with Gasteiger partial charge in [0.1, 0.15) is 5.75 Å². The Morgan fingerprint density at radius 1 is 0.964 bits per heavy atom. The van der Waals surface area contributed by atoms with E-state index in [0.717, 1.165) is 35.4 Å². The first-order valence-electron chi connectivity index (χ1n) is 9.14. The molecule has 0 aliphatic rings. The summed E-state index contributed by atoms with van der Waals surface area (Å²) in [5, 5.41) is 14.9. The SMILES string of the molecule is COc1ccc(Cl)c(-c2ccc(CCNCC(O)c3ccc(Cl)cc3)cc2)c1. The fraction of sp³-hybridized carbons (Fsp3) is 0.217. The van der Waals surface area contributed by atoms with Crippen LogP contribution >= 0.6 is 23.2 Å². The van der Waals surface area contributed by atoms with Gasteiger partial charge in [-0.2, -0.15) is 0 Å². The number of hydrogen-bond acceptors (Lipinski definition) is 3. The standard InChI is InChI=1S/C23H23Cl2NO2/c1-28-20-10-11-22(25)21(14-20)17-4-2-16(3-5-17)12-13-26-15-23(27)18-6-8-19(24)9-7-18/h2-11,14,23,26-27H,12-13,15H2,1H3. The molecule has 0 aliphatic heterocycles. The van der Waals surface area contributed by atoms with Crippen LogP contribution in [0.2, 0.25) is 10.0 Å². The molecule has 5 heteroatoms. The molecule has 3 rings (SSSR count). The Labute approximate surface area is 175 Å². The summed E-state index contributed by atoms with van der Waals surface area (Å²) in [6, 6.07) is 21.2. The Kier molecular flexibility index (Phi) is 7.35. The van der Waals surface area contributed by atoms with E-state index in [9.17, 15) is 5.11 Å². The number of halogens is 2. The molecule has 0 spiro atoms. The van der Waals surface area contributed by atoms with Crippen LogP contribution in [0.3, 0.4) is 0 Å². The lowest BCUT2D eigenvalue weighted by atomic mass is 10.0. The van der Waals surface area contributed by atoms with Crippen molar-refractivity contribution in [3.63, 3.8) is 0 Å². The van der Waals surface area contributed by atoms with E-state index in [0.29, 0.717) is 16.6 Å². The predicted octanol–water partition coefficient (Wildman–Crippen LogP) is 5.53. The van der Waals surface area contributed by atoms with E-state index in [4.69, 9.17) is 27.9 Å². The normalized spacial score (nSPS) is 12.0. The molecule has 3 aromatic rings. The van der Waals surface area contributed by atoms with Crippen LogP contribution < -0.4 is 10.1 Å². The van der Waals surface area contributed by atoms with Crippen molar-refractivity contribution in [2.75, 3.05) is 20.2 Å². The molecule has 0 aliphatic carbocycles. The van der Waals surface area contributed by atoms with Crippen LogP contribution in [0.1, 0.15) is 17.2 Å².